The van der Waals surface area contributed by atoms with Crippen molar-refractivity contribution in [3.8, 4) is 11.5 Å². The first kappa shape index (κ1) is 13.8. The van der Waals surface area contributed by atoms with Gasteiger partial charge in [-0.05, 0) is 24.6 Å². The van der Waals surface area contributed by atoms with Crippen LogP contribution in [0.3, 0.4) is 0 Å². The molecule has 1 aromatic carbocycles. The van der Waals surface area contributed by atoms with Crippen LogP contribution in [0.5, 0.6) is 11.5 Å². The van der Waals surface area contributed by atoms with Gasteiger partial charge in [-0.2, -0.15) is 0 Å². The fraction of sp³-hybridized carbons (Fsp3) is 0.538. The topological polar surface area (TPSA) is 47.9 Å². The first-order valence-electron chi connectivity index (χ1n) is 5.53. The van der Waals surface area contributed by atoms with E-state index in [1.165, 1.54) is 0 Å². The molecule has 0 bridgehead atoms. The number of aliphatic hydroxyl groups excluding tert-OH is 1. The van der Waals surface area contributed by atoms with Crippen LogP contribution >= 0.6 is 0 Å². The van der Waals surface area contributed by atoms with Gasteiger partial charge >= 0.3 is 0 Å². The maximum Gasteiger partial charge on any atom is 0.126 e. The summed E-state index contributed by atoms with van der Waals surface area (Å²) in [5, 5.41) is 9.48. The summed E-state index contributed by atoms with van der Waals surface area (Å²) in [7, 11) is 4.86. The van der Waals surface area contributed by atoms with Crippen LogP contribution in [0.4, 0.5) is 0 Å². The molecule has 0 spiro atoms. The highest BCUT2D eigenvalue weighted by Crippen LogP contribution is 2.32. The van der Waals surface area contributed by atoms with E-state index in [9.17, 15) is 5.11 Å². The highest BCUT2D eigenvalue weighted by Gasteiger charge is 2.14. The lowest BCUT2D eigenvalue weighted by Gasteiger charge is -2.16. The standard InChI is InChI=1S/C13H20O4/c1-9(14)5-11-12(16-3)6-10(8-15-2)7-13(11)17-4/h6-7,9,14H,5,8H2,1-4H3. The molecule has 1 aromatic rings. The van der Waals surface area contributed by atoms with Crippen LogP contribution in [0.15, 0.2) is 12.1 Å². The average Bonchev–Trinajstić information content (AvgIpc) is 2.30. The van der Waals surface area contributed by atoms with E-state index in [-0.39, 0.29) is 0 Å². The number of benzene rings is 1. The van der Waals surface area contributed by atoms with Crippen LogP contribution in [0.25, 0.3) is 0 Å². The molecule has 0 aliphatic carbocycles. The van der Waals surface area contributed by atoms with Gasteiger partial charge in [-0.1, -0.05) is 0 Å². The van der Waals surface area contributed by atoms with Crippen molar-refractivity contribution in [2.24, 2.45) is 0 Å². The Labute approximate surface area is 102 Å². The van der Waals surface area contributed by atoms with Gasteiger partial charge in [0.2, 0.25) is 0 Å². The van der Waals surface area contributed by atoms with Crippen LogP contribution in [-0.2, 0) is 17.8 Å². The van der Waals surface area contributed by atoms with E-state index in [1.807, 2.05) is 12.1 Å². The smallest absolute Gasteiger partial charge is 0.126 e. The molecule has 0 heterocycles. The van der Waals surface area contributed by atoms with Gasteiger partial charge in [0.15, 0.2) is 0 Å². The largest absolute Gasteiger partial charge is 0.496 e. The van der Waals surface area contributed by atoms with Crippen LogP contribution in [0.2, 0.25) is 0 Å². The number of rotatable bonds is 6. The molecule has 0 saturated carbocycles. The van der Waals surface area contributed by atoms with Gasteiger partial charge in [-0.15, -0.1) is 0 Å². The molecular weight excluding hydrogens is 220 g/mol. The summed E-state index contributed by atoms with van der Waals surface area (Å²) >= 11 is 0. The Kier molecular flexibility index (Phi) is 5.25. The lowest BCUT2D eigenvalue weighted by atomic mass is 10.0. The Morgan fingerprint density at radius 1 is 1.12 bits per heavy atom. The van der Waals surface area contributed by atoms with Crippen LogP contribution in [0.1, 0.15) is 18.1 Å². The van der Waals surface area contributed by atoms with E-state index in [0.29, 0.717) is 13.0 Å². The summed E-state index contributed by atoms with van der Waals surface area (Å²) in [5.74, 6) is 1.44. The molecule has 1 rings (SSSR count). The number of aliphatic hydroxyl groups is 1. The lowest BCUT2D eigenvalue weighted by Crippen LogP contribution is -2.08. The zero-order chi connectivity index (χ0) is 12.8. The van der Waals surface area contributed by atoms with Gasteiger partial charge in [0, 0.05) is 19.1 Å². The third-order valence-electron chi connectivity index (χ3n) is 2.48. The maximum absolute atomic E-state index is 9.48. The minimum atomic E-state index is -0.439. The zero-order valence-corrected chi connectivity index (χ0v) is 10.8. The molecule has 17 heavy (non-hydrogen) atoms. The number of hydrogen-bond donors (Lipinski definition) is 1. The predicted octanol–water partition coefficient (Wildman–Crippen LogP) is 1.77. The minimum Gasteiger partial charge on any atom is -0.496 e. The fourth-order valence-corrected chi connectivity index (χ4v) is 1.78. The van der Waals surface area contributed by atoms with Crippen LogP contribution in [-0.4, -0.2) is 32.5 Å². The van der Waals surface area contributed by atoms with Crippen molar-refractivity contribution in [1.82, 2.24) is 0 Å². The molecule has 4 nitrogen and oxygen atoms in total. The van der Waals surface area contributed by atoms with E-state index in [4.69, 9.17) is 14.2 Å². The van der Waals surface area contributed by atoms with Crippen molar-refractivity contribution in [3.63, 3.8) is 0 Å². The van der Waals surface area contributed by atoms with Crippen molar-refractivity contribution < 1.29 is 19.3 Å². The van der Waals surface area contributed by atoms with Crippen molar-refractivity contribution in [3.05, 3.63) is 23.3 Å². The van der Waals surface area contributed by atoms with E-state index < -0.39 is 6.10 Å². The summed E-state index contributed by atoms with van der Waals surface area (Å²) in [4.78, 5) is 0. The highest BCUT2D eigenvalue weighted by molar-refractivity contribution is 5.48. The molecule has 0 aliphatic rings. The normalized spacial score (nSPS) is 12.3. The van der Waals surface area contributed by atoms with E-state index in [2.05, 4.69) is 0 Å². The Balaban J connectivity index is 3.16. The highest BCUT2D eigenvalue weighted by atomic mass is 16.5. The molecule has 0 aliphatic heterocycles. The van der Waals surface area contributed by atoms with E-state index >= 15 is 0 Å². The summed E-state index contributed by atoms with van der Waals surface area (Å²) in [6.45, 7) is 2.24. The average molecular weight is 240 g/mol. The molecule has 1 unspecified atom stereocenters. The fourth-order valence-electron chi connectivity index (χ4n) is 1.78. The summed E-state index contributed by atoms with van der Waals surface area (Å²) < 4.78 is 15.7. The van der Waals surface area contributed by atoms with Crippen LogP contribution in [0, 0.1) is 0 Å². The number of methoxy groups -OCH3 is 3. The van der Waals surface area contributed by atoms with Crippen molar-refractivity contribution in [2.75, 3.05) is 21.3 Å². The van der Waals surface area contributed by atoms with E-state index in [1.54, 1.807) is 28.3 Å². The van der Waals surface area contributed by atoms with Gasteiger partial charge in [0.05, 0.1) is 26.9 Å². The molecule has 0 aromatic heterocycles. The summed E-state index contributed by atoms with van der Waals surface area (Å²) in [5.41, 5.74) is 1.86. The third kappa shape index (κ3) is 3.61. The second-order valence-corrected chi connectivity index (χ2v) is 3.97. The van der Waals surface area contributed by atoms with Gasteiger partial charge < -0.3 is 19.3 Å². The molecule has 1 N–H and O–H groups in total. The summed E-state index contributed by atoms with van der Waals surface area (Å²) in [6, 6.07) is 3.81. The first-order valence-corrected chi connectivity index (χ1v) is 5.53. The van der Waals surface area contributed by atoms with Gasteiger partial charge in [0.1, 0.15) is 11.5 Å². The quantitative estimate of drug-likeness (QED) is 0.823. The molecule has 0 radical (unpaired) electrons. The lowest BCUT2D eigenvalue weighted by molar-refractivity contribution is 0.183. The number of hydrogen-bond acceptors (Lipinski definition) is 4. The monoisotopic (exact) mass is 240 g/mol. The second kappa shape index (κ2) is 6.47. The Bertz CT molecular complexity index is 335. The Morgan fingerprint density at radius 2 is 1.65 bits per heavy atom. The molecule has 1 atom stereocenters. The van der Waals surface area contributed by atoms with Gasteiger partial charge in [-0.3, -0.25) is 0 Å². The molecule has 96 valence electrons. The predicted molar refractivity (Wildman–Crippen MR) is 65.6 cm³/mol. The zero-order valence-electron chi connectivity index (χ0n) is 10.8. The SMILES string of the molecule is COCc1cc(OC)c(CC(C)O)c(OC)c1. The Morgan fingerprint density at radius 3 is 2.00 bits per heavy atom. The van der Waals surface area contributed by atoms with Crippen molar-refractivity contribution in [2.45, 2.75) is 26.1 Å². The molecule has 4 heteroatoms. The molecule has 0 fully saturated rings. The first-order chi connectivity index (χ1) is 8.12. The van der Waals surface area contributed by atoms with Crippen molar-refractivity contribution in [1.29, 1.82) is 0 Å². The molecule has 0 saturated heterocycles. The molecule has 0 amide bonds. The Hall–Kier alpha value is -1.26. The van der Waals surface area contributed by atoms with Crippen LogP contribution < -0.4 is 9.47 Å². The third-order valence-corrected chi connectivity index (χ3v) is 2.48. The maximum atomic E-state index is 9.48. The van der Waals surface area contributed by atoms with E-state index in [0.717, 1.165) is 22.6 Å². The van der Waals surface area contributed by atoms with Gasteiger partial charge in [-0.25, -0.2) is 0 Å². The van der Waals surface area contributed by atoms with Crippen molar-refractivity contribution >= 4 is 0 Å². The summed E-state index contributed by atoms with van der Waals surface area (Å²) in [6.07, 6.45) is 0.0608. The second-order valence-electron chi connectivity index (χ2n) is 3.97. The number of ether oxygens (including phenoxy) is 3. The van der Waals surface area contributed by atoms with Gasteiger partial charge in [0.25, 0.3) is 0 Å². The minimum absolute atomic E-state index is 0.439. The molecular formula is C13H20O4.